The number of likely N-dealkylation sites (N-methyl/N-ethyl adjacent to an activating group) is 1. The Hall–Kier alpha value is -1.82. The Morgan fingerprint density at radius 3 is 2.79 bits per heavy atom. The molecule has 1 aromatic heterocycles. The van der Waals surface area contributed by atoms with E-state index in [1.807, 2.05) is 32.7 Å². The zero-order chi connectivity index (χ0) is 17.7. The molecular weight excluding hydrogens is 308 g/mol. The molecule has 0 aromatic carbocycles. The summed E-state index contributed by atoms with van der Waals surface area (Å²) in [6.07, 6.45) is 3.27. The molecule has 1 amide bonds. The molecule has 6 heteroatoms. The maximum absolute atomic E-state index is 12.2. The van der Waals surface area contributed by atoms with Gasteiger partial charge in [-0.25, -0.2) is 4.79 Å². The Balaban J connectivity index is 1.81. The van der Waals surface area contributed by atoms with E-state index in [-0.39, 0.29) is 11.9 Å². The van der Waals surface area contributed by atoms with E-state index in [0.717, 1.165) is 25.9 Å². The zero-order valence-electron chi connectivity index (χ0n) is 15.1. The lowest BCUT2D eigenvalue weighted by atomic mass is 9.97. The van der Waals surface area contributed by atoms with Crippen LogP contribution >= 0.6 is 0 Å². The van der Waals surface area contributed by atoms with Crippen molar-refractivity contribution in [3.8, 4) is 0 Å². The first-order valence-corrected chi connectivity index (χ1v) is 8.48. The molecule has 0 saturated carbocycles. The highest BCUT2D eigenvalue weighted by molar-refractivity contribution is 5.94. The maximum atomic E-state index is 12.2. The van der Waals surface area contributed by atoms with Gasteiger partial charge in [0.15, 0.2) is 5.76 Å². The van der Waals surface area contributed by atoms with Crippen molar-refractivity contribution < 1.29 is 18.7 Å². The lowest BCUT2D eigenvalue weighted by Crippen LogP contribution is -2.45. The number of Topliss-reactive ketones (excluding diaryl/α,β-unsaturated/α-hetero) is 1. The molecule has 1 aliphatic heterocycles. The number of ether oxygens (including phenoxy) is 1. The highest BCUT2D eigenvalue weighted by atomic mass is 16.6. The van der Waals surface area contributed by atoms with Crippen LogP contribution in [0.25, 0.3) is 0 Å². The van der Waals surface area contributed by atoms with Gasteiger partial charge in [0.2, 0.25) is 5.78 Å². The SMILES string of the molecule is CN(CC(=O)c1ccco1)C[C@H]1CCCN(C(=O)OC(C)(C)C)C1. The number of furan rings is 1. The molecule has 1 saturated heterocycles. The average Bonchev–Trinajstić information content (AvgIpc) is 2.99. The second-order valence-corrected chi connectivity index (χ2v) is 7.53. The van der Waals surface area contributed by atoms with Crippen LogP contribution in [-0.4, -0.2) is 60.5 Å². The third-order valence-electron chi connectivity index (χ3n) is 3.95. The fourth-order valence-electron chi connectivity index (χ4n) is 2.97. The van der Waals surface area contributed by atoms with E-state index >= 15 is 0 Å². The number of hydrogen-bond acceptors (Lipinski definition) is 5. The molecule has 6 nitrogen and oxygen atoms in total. The monoisotopic (exact) mass is 336 g/mol. The van der Waals surface area contributed by atoms with Gasteiger partial charge in [-0.1, -0.05) is 0 Å². The van der Waals surface area contributed by atoms with Crippen LogP contribution in [0, 0.1) is 5.92 Å². The van der Waals surface area contributed by atoms with Crippen molar-refractivity contribution in [3.05, 3.63) is 24.2 Å². The number of nitrogens with zero attached hydrogens (tertiary/aromatic N) is 2. The summed E-state index contributed by atoms with van der Waals surface area (Å²) in [6.45, 7) is 8.12. The molecular formula is C18H28N2O4. The van der Waals surface area contributed by atoms with E-state index in [1.165, 1.54) is 6.26 Å². The van der Waals surface area contributed by atoms with Gasteiger partial charge in [-0.15, -0.1) is 0 Å². The van der Waals surface area contributed by atoms with Crippen molar-refractivity contribution in [2.24, 2.45) is 5.92 Å². The number of rotatable bonds is 5. The summed E-state index contributed by atoms with van der Waals surface area (Å²) in [7, 11) is 1.92. The Morgan fingerprint density at radius 1 is 1.42 bits per heavy atom. The van der Waals surface area contributed by atoms with Gasteiger partial charge in [0.1, 0.15) is 5.60 Å². The molecule has 0 radical (unpaired) electrons. The fraction of sp³-hybridized carbons (Fsp3) is 0.667. The van der Waals surface area contributed by atoms with E-state index in [0.29, 0.717) is 24.8 Å². The van der Waals surface area contributed by atoms with Crippen LogP contribution in [0.4, 0.5) is 4.79 Å². The minimum absolute atomic E-state index is 0.0256. The zero-order valence-corrected chi connectivity index (χ0v) is 15.1. The summed E-state index contributed by atoms with van der Waals surface area (Å²) in [5.74, 6) is 0.712. The Bertz CT molecular complexity index is 548. The minimum Gasteiger partial charge on any atom is -0.461 e. The second-order valence-electron chi connectivity index (χ2n) is 7.53. The molecule has 1 fully saturated rings. The van der Waals surface area contributed by atoms with E-state index in [4.69, 9.17) is 9.15 Å². The topological polar surface area (TPSA) is 63.0 Å². The number of carbonyl (C=O) groups excluding carboxylic acids is 2. The highest BCUT2D eigenvalue weighted by Crippen LogP contribution is 2.20. The summed E-state index contributed by atoms with van der Waals surface area (Å²) in [6, 6.07) is 3.40. The number of piperidine rings is 1. The Morgan fingerprint density at radius 2 is 2.17 bits per heavy atom. The van der Waals surface area contributed by atoms with E-state index in [1.54, 1.807) is 17.0 Å². The summed E-state index contributed by atoms with van der Waals surface area (Å²) in [4.78, 5) is 28.0. The number of hydrogen-bond donors (Lipinski definition) is 0. The summed E-state index contributed by atoms with van der Waals surface area (Å²) in [5, 5.41) is 0. The van der Waals surface area contributed by atoms with Gasteiger partial charge in [-0.05, 0) is 58.7 Å². The second kappa shape index (κ2) is 7.83. The van der Waals surface area contributed by atoms with Crippen LogP contribution < -0.4 is 0 Å². The predicted octanol–water partition coefficient (Wildman–Crippen LogP) is 3.04. The summed E-state index contributed by atoms with van der Waals surface area (Å²) in [5.41, 5.74) is -0.476. The van der Waals surface area contributed by atoms with E-state index in [2.05, 4.69) is 0 Å². The van der Waals surface area contributed by atoms with Crippen molar-refractivity contribution in [1.82, 2.24) is 9.80 Å². The third-order valence-corrected chi connectivity index (χ3v) is 3.95. The molecule has 0 aliphatic carbocycles. The molecule has 2 rings (SSSR count). The first kappa shape index (κ1) is 18.5. The number of amides is 1. The molecule has 1 aromatic rings. The minimum atomic E-state index is -0.476. The van der Waals surface area contributed by atoms with Crippen LogP contribution in [0.3, 0.4) is 0 Å². The number of carbonyl (C=O) groups is 2. The van der Waals surface area contributed by atoms with Crippen LogP contribution in [0.1, 0.15) is 44.2 Å². The van der Waals surface area contributed by atoms with E-state index in [9.17, 15) is 9.59 Å². The van der Waals surface area contributed by atoms with Crippen molar-refractivity contribution in [2.75, 3.05) is 33.2 Å². The summed E-state index contributed by atoms with van der Waals surface area (Å²) >= 11 is 0. The fourth-order valence-corrected chi connectivity index (χ4v) is 2.97. The largest absolute Gasteiger partial charge is 0.461 e. The number of likely N-dealkylation sites (tertiary alicyclic amines) is 1. The van der Waals surface area contributed by atoms with Crippen LogP contribution in [0.5, 0.6) is 0 Å². The normalized spacial score (nSPS) is 18.7. The van der Waals surface area contributed by atoms with Crippen molar-refractivity contribution >= 4 is 11.9 Å². The first-order valence-electron chi connectivity index (χ1n) is 8.48. The van der Waals surface area contributed by atoms with Gasteiger partial charge in [0.05, 0.1) is 12.8 Å². The third kappa shape index (κ3) is 5.67. The van der Waals surface area contributed by atoms with Crippen LogP contribution in [-0.2, 0) is 4.74 Å². The van der Waals surface area contributed by atoms with Crippen molar-refractivity contribution in [1.29, 1.82) is 0 Å². The van der Waals surface area contributed by atoms with Gasteiger partial charge < -0.3 is 14.1 Å². The van der Waals surface area contributed by atoms with Gasteiger partial charge in [-0.2, -0.15) is 0 Å². The first-order chi connectivity index (χ1) is 11.2. The van der Waals surface area contributed by atoms with Crippen molar-refractivity contribution in [2.45, 2.75) is 39.2 Å². The molecule has 134 valence electrons. The smallest absolute Gasteiger partial charge is 0.410 e. The molecule has 0 unspecified atom stereocenters. The van der Waals surface area contributed by atoms with Crippen molar-refractivity contribution in [3.63, 3.8) is 0 Å². The van der Waals surface area contributed by atoms with Gasteiger partial charge >= 0.3 is 6.09 Å². The quantitative estimate of drug-likeness (QED) is 0.773. The summed E-state index contributed by atoms with van der Waals surface area (Å²) < 4.78 is 10.6. The molecule has 0 bridgehead atoms. The Kier molecular flexibility index (Phi) is 6.04. The lowest BCUT2D eigenvalue weighted by molar-refractivity contribution is 0.0148. The molecule has 0 N–H and O–H groups in total. The predicted molar refractivity (Wildman–Crippen MR) is 91.1 cm³/mol. The molecule has 1 atom stereocenters. The van der Waals surface area contributed by atoms with Gasteiger partial charge in [0, 0.05) is 19.6 Å². The average molecular weight is 336 g/mol. The van der Waals surface area contributed by atoms with Crippen LogP contribution in [0.15, 0.2) is 22.8 Å². The molecule has 2 heterocycles. The maximum Gasteiger partial charge on any atom is 0.410 e. The molecule has 24 heavy (non-hydrogen) atoms. The van der Waals surface area contributed by atoms with E-state index < -0.39 is 5.60 Å². The lowest BCUT2D eigenvalue weighted by Gasteiger charge is -2.35. The molecule has 0 spiro atoms. The van der Waals surface area contributed by atoms with Gasteiger partial charge in [-0.3, -0.25) is 9.69 Å². The highest BCUT2D eigenvalue weighted by Gasteiger charge is 2.28. The standard InChI is InChI=1S/C18H28N2O4/c1-18(2,3)24-17(22)20-9-5-7-14(12-20)11-19(4)13-15(21)16-8-6-10-23-16/h6,8,10,14H,5,7,9,11-13H2,1-4H3/t14-/m1/s1. The number of ketones is 1. The Labute approximate surface area is 143 Å². The van der Waals surface area contributed by atoms with Gasteiger partial charge in [0.25, 0.3) is 0 Å². The molecule has 1 aliphatic rings. The van der Waals surface area contributed by atoms with Crippen LogP contribution in [0.2, 0.25) is 0 Å².